The van der Waals surface area contributed by atoms with E-state index in [1.165, 1.54) is 5.56 Å². The molecule has 0 atom stereocenters. The highest BCUT2D eigenvalue weighted by Gasteiger charge is 2.20. The first-order chi connectivity index (χ1) is 16.3. The second-order valence-corrected chi connectivity index (χ2v) is 9.20. The van der Waals surface area contributed by atoms with Crippen molar-refractivity contribution in [2.45, 2.75) is 26.2 Å². The first-order valence-electron chi connectivity index (χ1n) is 10.9. The van der Waals surface area contributed by atoms with Gasteiger partial charge in [0.1, 0.15) is 0 Å². The molecule has 0 bridgehead atoms. The number of halogens is 1. The summed E-state index contributed by atoms with van der Waals surface area (Å²) in [5, 5.41) is 14.3. The van der Waals surface area contributed by atoms with Gasteiger partial charge in [0.15, 0.2) is 0 Å². The Bertz CT molecular complexity index is 1190. The number of benzene rings is 2. The molecule has 0 unspecified atom stereocenters. The third kappa shape index (κ3) is 6.72. The molecule has 0 saturated carbocycles. The van der Waals surface area contributed by atoms with E-state index < -0.39 is 0 Å². The molecule has 1 aliphatic heterocycles. The molecule has 3 aromatic rings. The lowest BCUT2D eigenvalue weighted by atomic mass is 10.0. The van der Waals surface area contributed by atoms with Gasteiger partial charge in [0.2, 0.25) is 5.95 Å². The van der Waals surface area contributed by atoms with Crippen LogP contribution in [0.1, 0.15) is 23.1 Å². The summed E-state index contributed by atoms with van der Waals surface area (Å²) in [7, 11) is 4.21. The number of aromatic nitrogens is 2. The Morgan fingerprint density at radius 1 is 1.26 bits per heavy atom. The number of carbonyl (C=O) groups is 1. The Kier molecular flexibility index (Phi) is 8.92. The summed E-state index contributed by atoms with van der Waals surface area (Å²) in [6, 6.07) is 12.3. The van der Waals surface area contributed by atoms with Crippen LogP contribution in [0.3, 0.4) is 0 Å². The third-order valence-electron chi connectivity index (χ3n) is 5.35. The van der Waals surface area contributed by atoms with Gasteiger partial charge in [-0.25, -0.2) is 9.97 Å². The maximum atomic E-state index is 8.36. The molecule has 2 aromatic carbocycles. The zero-order chi connectivity index (χ0) is 24.7. The summed E-state index contributed by atoms with van der Waals surface area (Å²) in [4.78, 5) is 20.7. The first kappa shape index (κ1) is 25.6. The van der Waals surface area contributed by atoms with Crippen LogP contribution in [0.4, 0.5) is 17.3 Å². The summed E-state index contributed by atoms with van der Waals surface area (Å²) in [6.45, 7) is 2.92. The molecule has 2 heterocycles. The maximum Gasteiger partial charge on any atom is 0.290 e. The molecule has 0 amide bonds. The van der Waals surface area contributed by atoms with Crippen LogP contribution >= 0.6 is 23.8 Å². The minimum atomic E-state index is -0.250. The third-order valence-corrected chi connectivity index (χ3v) is 5.83. The van der Waals surface area contributed by atoms with E-state index in [9.17, 15) is 0 Å². The Hall–Kier alpha value is -3.07. The van der Waals surface area contributed by atoms with Crippen molar-refractivity contribution in [1.82, 2.24) is 14.9 Å². The summed E-state index contributed by atoms with van der Waals surface area (Å²) < 4.78 is 0. The Morgan fingerprint density at radius 3 is 2.76 bits per heavy atom. The number of anilines is 3. The lowest BCUT2D eigenvalue weighted by molar-refractivity contribution is -0.122. The molecule has 1 aliphatic rings. The molecule has 178 valence electrons. The van der Waals surface area contributed by atoms with Crippen molar-refractivity contribution in [3.63, 3.8) is 0 Å². The van der Waals surface area contributed by atoms with Gasteiger partial charge < -0.3 is 20.6 Å². The maximum absolute atomic E-state index is 8.36. The highest BCUT2D eigenvalue weighted by Crippen LogP contribution is 2.35. The Balaban J connectivity index is 0.00000103. The van der Waals surface area contributed by atoms with Gasteiger partial charge in [0.05, 0.1) is 10.7 Å². The van der Waals surface area contributed by atoms with Crippen molar-refractivity contribution < 1.29 is 9.90 Å². The van der Waals surface area contributed by atoms with Crippen LogP contribution in [0.2, 0.25) is 5.02 Å². The van der Waals surface area contributed by atoms with E-state index in [1.807, 2.05) is 24.4 Å². The molecule has 0 fully saturated rings. The largest absolute Gasteiger partial charge is 0.483 e. The number of nitrogens with one attached hydrogen (secondary N) is 2. The second-order valence-electron chi connectivity index (χ2n) is 8.27. The minimum absolute atomic E-state index is 0.250. The van der Waals surface area contributed by atoms with Gasteiger partial charge in [-0.2, -0.15) is 0 Å². The number of aryl methyl sites for hydroxylation is 2. The molecule has 9 heteroatoms. The molecule has 0 radical (unpaired) electrons. The quantitative estimate of drug-likeness (QED) is 0.310. The lowest BCUT2D eigenvalue weighted by Crippen LogP contribution is -2.13. The number of thiocarbonyl (C=S) groups is 1. The van der Waals surface area contributed by atoms with Gasteiger partial charge in [0, 0.05) is 40.1 Å². The van der Waals surface area contributed by atoms with Crippen LogP contribution in [0, 0.1) is 6.92 Å². The van der Waals surface area contributed by atoms with E-state index >= 15 is 0 Å². The fraction of sp³-hybridized carbons (Fsp3) is 0.280. The number of hydrogen-bond donors (Lipinski definition) is 3. The minimum Gasteiger partial charge on any atom is -0.483 e. The van der Waals surface area contributed by atoms with E-state index in [2.05, 4.69) is 59.7 Å². The highest BCUT2D eigenvalue weighted by molar-refractivity contribution is 7.80. The van der Waals surface area contributed by atoms with Gasteiger partial charge in [0.25, 0.3) is 6.47 Å². The van der Waals surface area contributed by atoms with Crippen LogP contribution in [0.5, 0.6) is 0 Å². The first-order valence-corrected chi connectivity index (χ1v) is 11.6. The van der Waals surface area contributed by atoms with E-state index in [-0.39, 0.29) is 6.47 Å². The predicted octanol–water partition coefficient (Wildman–Crippen LogP) is 5.34. The Morgan fingerprint density at radius 2 is 2.03 bits per heavy atom. The van der Waals surface area contributed by atoms with Crippen LogP contribution in [0.25, 0.3) is 11.3 Å². The second kappa shape index (κ2) is 11.9. The highest BCUT2D eigenvalue weighted by atomic mass is 35.5. The van der Waals surface area contributed by atoms with Crippen LogP contribution < -0.4 is 10.6 Å². The van der Waals surface area contributed by atoms with Crippen molar-refractivity contribution in [3.8, 4) is 11.3 Å². The molecule has 1 aromatic heterocycles. The van der Waals surface area contributed by atoms with Crippen molar-refractivity contribution in [1.29, 1.82) is 0 Å². The molecule has 0 spiro atoms. The van der Waals surface area contributed by atoms with Crippen LogP contribution in [0.15, 0.2) is 42.6 Å². The molecule has 0 saturated heterocycles. The van der Waals surface area contributed by atoms with Crippen molar-refractivity contribution in [3.05, 3.63) is 64.3 Å². The molecule has 4 rings (SSSR count). The number of rotatable bonds is 6. The number of hydrogen-bond acceptors (Lipinski definition) is 6. The van der Waals surface area contributed by atoms with Gasteiger partial charge in [-0.1, -0.05) is 36.0 Å². The fourth-order valence-electron chi connectivity index (χ4n) is 3.70. The van der Waals surface area contributed by atoms with Crippen molar-refractivity contribution >= 4 is 52.6 Å². The summed E-state index contributed by atoms with van der Waals surface area (Å²) in [5.41, 5.74) is 7.21. The number of fused-ring (bicyclic) bond motifs is 3. The topological polar surface area (TPSA) is 90.4 Å². The molecular weight excluding hydrogens is 470 g/mol. The molecule has 3 N–H and O–H groups in total. The van der Waals surface area contributed by atoms with Crippen LogP contribution in [-0.4, -0.2) is 52.1 Å². The Labute approximate surface area is 210 Å². The molecule has 7 nitrogen and oxygen atoms in total. The van der Waals surface area contributed by atoms with Crippen molar-refractivity contribution in [2.24, 2.45) is 0 Å². The zero-order valence-electron chi connectivity index (χ0n) is 19.4. The SMILES string of the molecule is Cc1ccc(CCCN(C)C)cc1Nc1ncc2c(n1)-c1ccc(Cl)cc1NC(=S)C2.O=CO. The predicted molar refractivity (Wildman–Crippen MR) is 142 cm³/mol. The smallest absolute Gasteiger partial charge is 0.290 e. The average molecular weight is 498 g/mol. The van der Waals surface area contributed by atoms with E-state index in [4.69, 9.17) is 38.7 Å². The average Bonchev–Trinajstić information content (AvgIpc) is 2.91. The van der Waals surface area contributed by atoms with E-state index in [0.717, 1.165) is 58.1 Å². The summed E-state index contributed by atoms with van der Waals surface area (Å²) in [5.74, 6) is 0.570. The monoisotopic (exact) mass is 497 g/mol. The van der Waals surface area contributed by atoms with Crippen molar-refractivity contribution in [2.75, 3.05) is 31.3 Å². The standard InChI is InChI=1S/C24H26ClN5S.CH2O2/c1-15-6-7-16(5-4-10-30(2)3)11-20(15)28-24-26-14-17-12-22(31)27-21-13-18(25)8-9-19(21)23(17)29-24;2-1-3/h6-9,11,13-14H,4-5,10,12H2,1-3H3,(H,27,31)(H,26,28,29);1H,(H,2,3). The summed E-state index contributed by atoms with van der Waals surface area (Å²) >= 11 is 11.7. The van der Waals surface area contributed by atoms with E-state index in [1.54, 1.807) is 0 Å². The van der Waals surface area contributed by atoms with Gasteiger partial charge in [-0.05, 0) is 75.8 Å². The van der Waals surface area contributed by atoms with E-state index in [0.29, 0.717) is 17.4 Å². The van der Waals surface area contributed by atoms with Gasteiger partial charge in [-0.3, -0.25) is 4.79 Å². The summed E-state index contributed by atoms with van der Waals surface area (Å²) in [6.07, 6.45) is 4.61. The lowest BCUT2D eigenvalue weighted by Gasteiger charge is -2.14. The van der Waals surface area contributed by atoms with Crippen LogP contribution in [-0.2, 0) is 17.6 Å². The van der Waals surface area contributed by atoms with Gasteiger partial charge in [-0.15, -0.1) is 0 Å². The molecular formula is C25H28ClN5O2S. The number of nitrogens with zero attached hydrogens (tertiary/aromatic N) is 3. The van der Waals surface area contributed by atoms with Gasteiger partial charge >= 0.3 is 0 Å². The fourth-order valence-corrected chi connectivity index (χ4v) is 4.14. The number of carboxylic acid groups (broad SMARTS) is 1. The molecule has 0 aliphatic carbocycles. The molecule has 34 heavy (non-hydrogen) atoms. The normalized spacial score (nSPS) is 12.0. The zero-order valence-corrected chi connectivity index (χ0v) is 21.0.